The normalized spacial score (nSPS) is 15.8. The number of carbonyl (C=O) groups is 1. The van der Waals surface area contributed by atoms with Crippen molar-refractivity contribution in [2.75, 3.05) is 51.3 Å². The number of ether oxygens (including phenoxy) is 1. The smallest absolute Gasteiger partial charge is 0.246 e. The predicted octanol–water partition coefficient (Wildman–Crippen LogP) is 0.814. The summed E-state index contributed by atoms with van der Waals surface area (Å²) >= 11 is 0. The van der Waals surface area contributed by atoms with Crippen LogP contribution in [0.2, 0.25) is 0 Å². The number of hydrogen-bond donors (Lipinski definition) is 3. The van der Waals surface area contributed by atoms with Crippen LogP contribution in [0.3, 0.4) is 0 Å². The zero-order valence-electron chi connectivity index (χ0n) is 15.0. The summed E-state index contributed by atoms with van der Waals surface area (Å²) < 4.78 is 5.32. The molecule has 1 aromatic carbocycles. The Morgan fingerprint density at radius 1 is 1.36 bits per heavy atom. The molecule has 0 radical (unpaired) electrons. The molecule has 0 saturated carbocycles. The monoisotopic (exact) mass is 347 g/mol. The second-order valence-electron chi connectivity index (χ2n) is 6.04. The molecule has 0 atom stereocenters. The van der Waals surface area contributed by atoms with E-state index in [0.717, 1.165) is 57.9 Å². The Balaban J connectivity index is 1.63. The van der Waals surface area contributed by atoms with Gasteiger partial charge >= 0.3 is 0 Å². The van der Waals surface area contributed by atoms with Gasteiger partial charge < -0.3 is 21.1 Å². The molecule has 1 aliphatic heterocycles. The van der Waals surface area contributed by atoms with Gasteiger partial charge in [-0.2, -0.15) is 0 Å². The number of aryl methyl sites for hydroxylation is 1. The van der Waals surface area contributed by atoms with Crippen LogP contribution < -0.4 is 16.4 Å². The molecule has 4 N–H and O–H groups in total. The molecule has 0 spiro atoms. The number of carbonyl (C=O) groups excluding carboxylic acids is 1. The Labute approximate surface area is 149 Å². The van der Waals surface area contributed by atoms with Gasteiger partial charge in [-0.05, 0) is 37.1 Å². The average molecular weight is 347 g/mol. The van der Waals surface area contributed by atoms with Crippen molar-refractivity contribution in [2.45, 2.75) is 19.8 Å². The summed E-state index contributed by atoms with van der Waals surface area (Å²) in [5.74, 6) is 0.130. The zero-order valence-corrected chi connectivity index (χ0v) is 15.0. The lowest BCUT2D eigenvalue weighted by molar-refractivity contribution is -0.114. The van der Waals surface area contributed by atoms with E-state index in [1.807, 2.05) is 24.3 Å². The van der Waals surface area contributed by atoms with Gasteiger partial charge in [0.2, 0.25) is 5.91 Å². The maximum atomic E-state index is 11.9. The van der Waals surface area contributed by atoms with Crippen LogP contribution in [0.4, 0.5) is 5.69 Å². The third-order valence-electron chi connectivity index (χ3n) is 4.07. The van der Waals surface area contributed by atoms with Crippen LogP contribution in [0.1, 0.15) is 18.9 Å². The molecule has 1 fully saturated rings. The molecule has 2 rings (SSSR count). The molecule has 1 amide bonds. The van der Waals surface area contributed by atoms with Gasteiger partial charge in [-0.25, -0.2) is 4.99 Å². The van der Waals surface area contributed by atoms with Crippen molar-refractivity contribution in [3.63, 3.8) is 0 Å². The van der Waals surface area contributed by atoms with Crippen LogP contribution in [0.5, 0.6) is 0 Å². The van der Waals surface area contributed by atoms with Gasteiger partial charge in [-0.15, -0.1) is 0 Å². The van der Waals surface area contributed by atoms with Crippen molar-refractivity contribution in [3.05, 3.63) is 29.8 Å². The fourth-order valence-corrected chi connectivity index (χ4v) is 2.63. The van der Waals surface area contributed by atoms with E-state index in [0.29, 0.717) is 5.96 Å². The average Bonchev–Trinajstić information content (AvgIpc) is 2.64. The first-order valence-corrected chi connectivity index (χ1v) is 8.90. The number of rotatable bonds is 8. The Hall–Kier alpha value is -2.12. The van der Waals surface area contributed by atoms with E-state index < -0.39 is 0 Å². The van der Waals surface area contributed by atoms with Gasteiger partial charge in [0.1, 0.15) is 6.54 Å². The lowest BCUT2D eigenvalue weighted by Gasteiger charge is -2.26. The summed E-state index contributed by atoms with van der Waals surface area (Å²) in [5.41, 5.74) is 7.78. The van der Waals surface area contributed by atoms with E-state index in [2.05, 4.69) is 27.4 Å². The largest absolute Gasteiger partial charge is 0.379 e. The Kier molecular flexibility index (Phi) is 8.21. The number of hydrogen-bond acceptors (Lipinski definition) is 4. The number of aliphatic imine (C=N–C) groups is 1. The third-order valence-corrected chi connectivity index (χ3v) is 4.07. The van der Waals surface area contributed by atoms with E-state index >= 15 is 0 Å². The minimum Gasteiger partial charge on any atom is -0.379 e. The molecular formula is C18H29N5O2. The molecule has 7 nitrogen and oxygen atoms in total. The van der Waals surface area contributed by atoms with E-state index in [-0.39, 0.29) is 12.5 Å². The SMILES string of the molecule is CCc1cccc(NC(=O)CN=C(N)NCCCN2CCOCC2)c1. The van der Waals surface area contributed by atoms with Crippen LogP contribution in [-0.2, 0) is 16.0 Å². The standard InChI is InChI=1S/C18H29N5O2/c1-2-15-5-3-6-16(13-15)22-17(24)14-21-18(19)20-7-4-8-23-9-11-25-12-10-23/h3,5-6,13H,2,4,7-12,14H2,1H3,(H,22,24)(H3,19,20,21). The van der Waals surface area contributed by atoms with Crippen molar-refractivity contribution in [3.8, 4) is 0 Å². The topological polar surface area (TPSA) is 92.0 Å². The summed E-state index contributed by atoms with van der Waals surface area (Å²) in [4.78, 5) is 18.4. The highest BCUT2D eigenvalue weighted by Gasteiger charge is 2.09. The molecular weight excluding hydrogens is 318 g/mol. The molecule has 1 saturated heterocycles. The summed E-state index contributed by atoms with van der Waals surface area (Å²) in [5, 5.41) is 5.88. The highest BCUT2D eigenvalue weighted by atomic mass is 16.5. The molecule has 25 heavy (non-hydrogen) atoms. The molecule has 0 unspecified atom stereocenters. The third kappa shape index (κ3) is 7.53. The van der Waals surface area contributed by atoms with Crippen molar-refractivity contribution in [1.29, 1.82) is 0 Å². The number of morpholine rings is 1. The molecule has 1 aliphatic rings. The van der Waals surface area contributed by atoms with Gasteiger partial charge in [0, 0.05) is 25.3 Å². The summed E-state index contributed by atoms with van der Waals surface area (Å²) in [6.45, 7) is 7.45. The zero-order chi connectivity index (χ0) is 17.9. The van der Waals surface area contributed by atoms with Crippen LogP contribution in [0.15, 0.2) is 29.3 Å². The Bertz CT molecular complexity index is 570. The van der Waals surface area contributed by atoms with Crippen LogP contribution in [0.25, 0.3) is 0 Å². The number of anilines is 1. The minimum atomic E-state index is -0.175. The van der Waals surface area contributed by atoms with Crippen molar-refractivity contribution >= 4 is 17.6 Å². The van der Waals surface area contributed by atoms with E-state index in [4.69, 9.17) is 10.5 Å². The highest BCUT2D eigenvalue weighted by Crippen LogP contribution is 2.10. The number of nitrogens with two attached hydrogens (primary N) is 1. The van der Waals surface area contributed by atoms with Crippen LogP contribution in [0, 0.1) is 0 Å². The highest BCUT2D eigenvalue weighted by molar-refractivity contribution is 5.93. The van der Waals surface area contributed by atoms with E-state index in [1.165, 1.54) is 5.56 Å². The van der Waals surface area contributed by atoms with Gasteiger partial charge in [-0.1, -0.05) is 19.1 Å². The summed E-state index contributed by atoms with van der Waals surface area (Å²) in [7, 11) is 0. The molecule has 0 aliphatic carbocycles. The molecule has 138 valence electrons. The quantitative estimate of drug-likeness (QED) is 0.368. The maximum absolute atomic E-state index is 11.9. The minimum absolute atomic E-state index is 0.0125. The number of benzene rings is 1. The summed E-state index contributed by atoms with van der Waals surface area (Å²) in [6, 6.07) is 7.80. The second-order valence-corrected chi connectivity index (χ2v) is 6.04. The first-order valence-electron chi connectivity index (χ1n) is 8.90. The van der Waals surface area contributed by atoms with E-state index in [9.17, 15) is 4.79 Å². The van der Waals surface area contributed by atoms with Crippen molar-refractivity contribution < 1.29 is 9.53 Å². The lowest BCUT2D eigenvalue weighted by Crippen LogP contribution is -2.39. The van der Waals surface area contributed by atoms with Gasteiger partial charge in [0.05, 0.1) is 13.2 Å². The first-order chi connectivity index (χ1) is 12.2. The molecule has 7 heteroatoms. The second kappa shape index (κ2) is 10.7. The number of guanidine groups is 1. The maximum Gasteiger partial charge on any atom is 0.246 e. The van der Waals surface area contributed by atoms with Crippen LogP contribution in [-0.4, -0.2) is 62.7 Å². The first kappa shape index (κ1) is 19.2. The van der Waals surface area contributed by atoms with E-state index in [1.54, 1.807) is 0 Å². The Morgan fingerprint density at radius 2 is 2.16 bits per heavy atom. The fourth-order valence-electron chi connectivity index (χ4n) is 2.63. The number of amides is 1. The van der Waals surface area contributed by atoms with Crippen LogP contribution >= 0.6 is 0 Å². The number of nitrogens with zero attached hydrogens (tertiary/aromatic N) is 2. The molecule has 0 bridgehead atoms. The van der Waals surface area contributed by atoms with Crippen molar-refractivity contribution in [1.82, 2.24) is 10.2 Å². The molecule has 1 aromatic rings. The van der Waals surface area contributed by atoms with Gasteiger partial charge in [0.15, 0.2) is 5.96 Å². The lowest BCUT2D eigenvalue weighted by atomic mass is 10.1. The van der Waals surface area contributed by atoms with Crippen molar-refractivity contribution in [2.24, 2.45) is 10.7 Å². The van der Waals surface area contributed by atoms with Gasteiger partial charge in [-0.3, -0.25) is 9.69 Å². The Morgan fingerprint density at radius 3 is 2.92 bits per heavy atom. The predicted molar refractivity (Wildman–Crippen MR) is 101 cm³/mol. The summed E-state index contributed by atoms with van der Waals surface area (Å²) in [6.07, 6.45) is 1.91. The molecule has 1 heterocycles. The fraction of sp³-hybridized carbons (Fsp3) is 0.556. The van der Waals surface area contributed by atoms with Gasteiger partial charge in [0.25, 0.3) is 0 Å². The number of nitrogens with one attached hydrogen (secondary N) is 2. The molecule has 0 aromatic heterocycles.